The van der Waals surface area contributed by atoms with Crippen LogP contribution >= 0.6 is 12.2 Å². The van der Waals surface area contributed by atoms with Crippen LogP contribution in [0.1, 0.15) is 43.4 Å². The van der Waals surface area contributed by atoms with Gasteiger partial charge in [-0.3, -0.25) is 4.90 Å². The van der Waals surface area contributed by atoms with E-state index in [9.17, 15) is 0 Å². The Morgan fingerprint density at radius 2 is 1.95 bits per heavy atom. The fraction of sp³-hybridized carbons (Fsp3) is 0.714. The van der Waals surface area contributed by atoms with Crippen molar-refractivity contribution in [1.29, 1.82) is 0 Å². The van der Waals surface area contributed by atoms with Crippen molar-refractivity contribution >= 4 is 18.0 Å². The normalized spacial score (nSPS) is 20.4. The van der Waals surface area contributed by atoms with Gasteiger partial charge in [-0.1, -0.05) is 6.42 Å². The van der Waals surface area contributed by atoms with Gasteiger partial charge in [0.05, 0.1) is 0 Å². The Balaban J connectivity index is 1.86. The number of fused-ring (bicyclic) bond motifs is 1. The molecule has 0 atom stereocenters. The highest BCUT2D eigenvalue weighted by molar-refractivity contribution is 7.71. The van der Waals surface area contributed by atoms with Gasteiger partial charge >= 0.3 is 0 Å². The van der Waals surface area contributed by atoms with Crippen LogP contribution in [0.3, 0.4) is 0 Å². The molecule has 0 saturated carbocycles. The minimum absolute atomic E-state index is 0.611. The molecule has 2 N–H and O–H groups in total. The van der Waals surface area contributed by atoms with E-state index in [2.05, 4.69) is 20.2 Å². The molecule has 1 fully saturated rings. The summed E-state index contributed by atoms with van der Waals surface area (Å²) in [5.41, 5.74) is 2.64. The smallest absolute Gasteiger partial charge is 0.199 e. The molecule has 4 nitrogen and oxygen atoms in total. The molecule has 3 heterocycles. The van der Waals surface area contributed by atoms with Crippen LogP contribution in [0.15, 0.2) is 0 Å². The number of hydrogen-bond acceptors (Lipinski definition) is 4. The van der Waals surface area contributed by atoms with Crippen LogP contribution in [0.2, 0.25) is 0 Å². The fourth-order valence-corrected chi connectivity index (χ4v) is 3.28. The minimum atomic E-state index is 0.611. The van der Waals surface area contributed by atoms with Gasteiger partial charge in [-0.05, 0) is 57.4 Å². The third kappa shape index (κ3) is 3.15. The molecule has 0 aliphatic carbocycles. The highest BCUT2D eigenvalue weighted by Crippen LogP contribution is 2.23. The maximum absolute atomic E-state index is 5.27. The van der Waals surface area contributed by atoms with Crippen LogP contribution < -0.4 is 5.32 Å². The Kier molecular flexibility index (Phi) is 4.13. The lowest BCUT2D eigenvalue weighted by molar-refractivity contribution is 0.218. The van der Waals surface area contributed by atoms with Crippen molar-refractivity contribution in [3.8, 4) is 0 Å². The number of hydrogen-bond donors (Lipinski definition) is 2. The van der Waals surface area contributed by atoms with Gasteiger partial charge in [-0.2, -0.15) is 0 Å². The molecule has 0 radical (unpaired) electrons. The first-order valence-electron chi connectivity index (χ1n) is 7.41. The van der Waals surface area contributed by atoms with E-state index in [-0.39, 0.29) is 0 Å². The Hall–Kier alpha value is -0.940. The minimum Gasteiger partial charge on any atom is -0.370 e. The van der Waals surface area contributed by atoms with Crippen LogP contribution in [0.4, 0.5) is 5.82 Å². The Morgan fingerprint density at radius 1 is 1.11 bits per heavy atom. The number of H-pyrrole nitrogens is 1. The maximum atomic E-state index is 5.27. The molecule has 0 unspecified atom stereocenters. The summed E-state index contributed by atoms with van der Waals surface area (Å²) in [4.78, 5) is 10.3. The van der Waals surface area contributed by atoms with Crippen LogP contribution in [-0.4, -0.2) is 34.5 Å². The largest absolute Gasteiger partial charge is 0.370 e. The van der Waals surface area contributed by atoms with Crippen molar-refractivity contribution in [3.63, 3.8) is 0 Å². The molecule has 5 heteroatoms. The number of piperidine rings is 1. The van der Waals surface area contributed by atoms with Crippen molar-refractivity contribution < 1.29 is 0 Å². The van der Waals surface area contributed by atoms with Crippen LogP contribution in [0.5, 0.6) is 0 Å². The van der Waals surface area contributed by atoms with E-state index in [1.165, 1.54) is 56.5 Å². The predicted octanol–water partition coefficient (Wildman–Crippen LogP) is 2.87. The highest BCUT2D eigenvalue weighted by atomic mass is 32.1. The van der Waals surface area contributed by atoms with Crippen LogP contribution in [0.25, 0.3) is 0 Å². The molecule has 0 amide bonds. The number of aromatic amines is 1. The summed E-state index contributed by atoms with van der Waals surface area (Å²) in [5, 5.41) is 3.43. The summed E-state index contributed by atoms with van der Waals surface area (Å²) in [7, 11) is 0. The molecule has 0 spiro atoms. The number of likely N-dealkylation sites (tertiary alicyclic amines) is 1. The maximum Gasteiger partial charge on any atom is 0.199 e. The number of rotatable bonds is 2. The van der Waals surface area contributed by atoms with Crippen molar-refractivity contribution in [1.82, 2.24) is 14.9 Å². The zero-order valence-electron chi connectivity index (χ0n) is 11.4. The summed E-state index contributed by atoms with van der Waals surface area (Å²) in [6.07, 6.45) is 7.59. The lowest BCUT2D eigenvalue weighted by atomic mass is 10.1. The van der Waals surface area contributed by atoms with Gasteiger partial charge in [0, 0.05) is 24.3 Å². The topological polar surface area (TPSA) is 44.0 Å². The van der Waals surface area contributed by atoms with E-state index >= 15 is 0 Å². The molecule has 1 aromatic rings. The number of anilines is 1. The van der Waals surface area contributed by atoms with Gasteiger partial charge in [0.2, 0.25) is 0 Å². The van der Waals surface area contributed by atoms with Gasteiger partial charge in [0.15, 0.2) is 4.77 Å². The van der Waals surface area contributed by atoms with Gasteiger partial charge < -0.3 is 10.3 Å². The molecule has 0 aromatic carbocycles. The lowest BCUT2D eigenvalue weighted by Gasteiger charge is -2.27. The SMILES string of the molecule is S=c1nc2c(c(CN3CCCCC3)[nH]1)CCCCN2. The van der Waals surface area contributed by atoms with E-state index in [1.807, 2.05) is 0 Å². The third-order valence-corrected chi connectivity index (χ3v) is 4.29. The van der Waals surface area contributed by atoms with Gasteiger partial charge in [0.1, 0.15) is 5.82 Å². The van der Waals surface area contributed by atoms with Gasteiger partial charge in [-0.15, -0.1) is 0 Å². The second kappa shape index (κ2) is 6.01. The van der Waals surface area contributed by atoms with Crippen LogP contribution in [-0.2, 0) is 13.0 Å². The first-order chi connectivity index (χ1) is 9.33. The van der Waals surface area contributed by atoms with Gasteiger partial charge in [-0.25, -0.2) is 4.98 Å². The number of aromatic nitrogens is 2. The molecule has 1 aromatic heterocycles. The second-order valence-corrected chi connectivity index (χ2v) is 5.96. The van der Waals surface area contributed by atoms with E-state index in [4.69, 9.17) is 12.2 Å². The predicted molar refractivity (Wildman–Crippen MR) is 80.0 cm³/mol. The first kappa shape index (κ1) is 13.1. The van der Waals surface area contributed by atoms with E-state index in [0.717, 1.165) is 25.3 Å². The second-order valence-electron chi connectivity index (χ2n) is 5.57. The van der Waals surface area contributed by atoms with E-state index in [1.54, 1.807) is 0 Å². The summed E-state index contributed by atoms with van der Waals surface area (Å²) in [6, 6.07) is 0. The third-order valence-electron chi connectivity index (χ3n) is 4.10. The summed E-state index contributed by atoms with van der Waals surface area (Å²) in [6.45, 7) is 4.44. The molecule has 1 saturated heterocycles. The number of nitrogens with one attached hydrogen (secondary N) is 2. The van der Waals surface area contributed by atoms with Gasteiger partial charge in [0.25, 0.3) is 0 Å². The zero-order chi connectivity index (χ0) is 13.1. The van der Waals surface area contributed by atoms with Crippen molar-refractivity contribution in [2.24, 2.45) is 0 Å². The molecular weight excluding hydrogens is 256 g/mol. The lowest BCUT2D eigenvalue weighted by Crippen LogP contribution is -2.30. The average Bonchev–Trinajstić information content (AvgIpc) is 2.65. The Morgan fingerprint density at radius 3 is 2.79 bits per heavy atom. The first-order valence-corrected chi connectivity index (χ1v) is 7.82. The van der Waals surface area contributed by atoms with Crippen LogP contribution in [0, 0.1) is 4.77 Å². The standard InChI is InChI=1S/C14H22N4S/c19-14-16-12(10-18-8-4-1-5-9-18)11-6-2-3-7-15-13(11)17-14/h1-10H2,(H2,15,16,17,19). The zero-order valence-corrected chi connectivity index (χ0v) is 12.2. The number of nitrogens with zero attached hydrogens (tertiary/aromatic N) is 2. The quantitative estimate of drug-likeness (QED) is 0.817. The molecule has 2 aliphatic heterocycles. The van der Waals surface area contributed by atoms with Crippen molar-refractivity contribution in [3.05, 3.63) is 16.0 Å². The monoisotopic (exact) mass is 278 g/mol. The molecule has 2 aliphatic rings. The fourth-order valence-electron chi connectivity index (χ4n) is 3.07. The molecular formula is C14H22N4S. The van der Waals surface area contributed by atoms with E-state index < -0.39 is 0 Å². The Bertz CT molecular complexity index is 491. The van der Waals surface area contributed by atoms with Crippen molar-refractivity contribution in [2.45, 2.75) is 45.1 Å². The highest BCUT2D eigenvalue weighted by Gasteiger charge is 2.17. The molecule has 19 heavy (non-hydrogen) atoms. The summed E-state index contributed by atoms with van der Waals surface area (Å²) < 4.78 is 0.611. The average molecular weight is 278 g/mol. The van der Waals surface area contributed by atoms with E-state index in [0.29, 0.717) is 4.77 Å². The molecule has 0 bridgehead atoms. The Labute approximate surface area is 119 Å². The molecule has 104 valence electrons. The van der Waals surface area contributed by atoms with Crippen molar-refractivity contribution in [2.75, 3.05) is 25.0 Å². The summed E-state index contributed by atoms with van der Waals surface area (Å²) in [5.74, 6) is 1.02. The molecule has 3 rings (SSSR count). The summed E-state index contributed by atoms with van der Waals surface area (Å²) >= 11 is 5.27.